The van der Waals surface area contributed by atoms with Crippen molar-refractivity contribution in [3.05, 3.63) is 79.2 Å². The molecule has 392 valence electrons. The van der Waals surface area contributed by atoms with Crippen molar-refractivity contribution < 1.29 is 50.9 Å². The zero-order chi connectivity index (χ0) is 52.8. The first-order chi connectivity index (χ1) is 32.5. The maximum Gasteiger partial charge on any atom is 0.410 e. The van der Waals surface area contributed by atoms with E-state index < -0.39 is 65.4 Å². The van der Waals surface area contributed by atoms with Crippen LogP contribution in [0.15, 0.2) is 63.4 Å². The largest absolute Gasteiger partial charge is 0.444 e. The number of hydrogen-bond acceptors (Lipinski definition) is 14. The third kappa shape index (κ3) is 17.6. The number of azide groups is 1. The summed E-state index contributed by atoms with van der Waals surface area (Å²) in [5.74, 6) is 0.0891. The Hall–Kier alpha value is -5.13. The van der Waals surface area contributed by atoms with Crippen molar-refractivity contribution in [3.8, 4) is 0 Å². The minimum Gasteiger partial charge on any atom is -0.444 e. The number of hydrogen-bond donors (Lipinski definition) is 1. The number of nitro benzene ring substituents is 2. The predicted octanol–water partition coefficient (Wildman–Crippen LogP) is 8.60. The van der Waals surface area contributed by atoms with E-state index in [1.54, 1.807) is 41.5 Å². The number of benzene rings is 2. The molecule has 0 saturated carbocycles. The Labute approximate surface area is 412 Å². The molecule has 1 N–H and O–H groups in total. The lowest BCUT2D eigenvalue weighted by molar-refractivity contribution is -0.385. The van der Waals surface area contributed by atoms with Gasteiger partial charge in [0.05, 0.1) is 19.6 Å². The average molecular weight is 1020 g/mol. The minimum absolute atomic E-state index is 0.0292. The van der Waals surface area contributed by atoms with Gasteiger partial charge in [-0.2, -0.15) is 8.61 Å². The molecule has 2 aliphatic heterocycles. The highest BCUT2D eigenvalue weighted by Crippen LogP contribution is 2.34. The summed E-state index contributed by atoms with van der Waals surface area (Å²) in [4.78, 5) is 52.2. The molecule has 2 amide bonds. The first kappa shape index (κ1) is 59.2. The van der Waals surface area contributed by atoms with Gasteiger partial charge in [-0.3, -0.25) is 20.2 Å². The lowest BCUT2D eigenvalue weighted by Gasteiger charge is -2.32. The van der Waals surface area contributed by atoms with Crippen molar-refractivity contribution in [1.29, 1.82) is 0 Å². The molecule has 22 nitrogen and oxygen atoms in total. The lowest BCUT2D eigenvalue weighted by Crippen LogP contribution is -2.46. The number of ether oxygens (including phenoxy) is 2. The molecule has 0 bridgehead atoms. The molecule has 0 unspecified atom stereocenters. The monoisotopic (exact) mass is 1020 g/mol. The number of non-ortho nitro benzene ring substituents is 2. The molecule has 2 aromatic rings. The summed E-state index contributed by atoms with van der Waals surface area (Å²) in [6.07, 6.45) is 2.33. The fraction of sp³-hybridized carbons (Fsp3) is 0.696. The molecule has 0 aliphatic carbocycles. The van der Waals surface area contributed by atoms with Crippen LogP contribution in [0.4, 0.5) is 21.0 Å². The Morgan fingerprint density at radius 1 is 0.714 bits per heavy atom. The Balaban J connectivity index is 0.000000371. The standard InChI is InChI=1S/C23H36N6O6S.C23H37N3O7S/c1-17(2)12-14-28(36(33,34)20-10-8-19(9-11-20)29(31)32)21-16-27(22(30)35-23(3,4)5)15-18(21)7-6-13-25-26-24;1-17(2)12-13-25(34(31,32)20-10-8-19(9-11-20)26(29)30)21-16-24(15-18(21)7-6-14-27)22(28)33-23(3,4)5/h8-11,17-18,21H,6-7,12-16H2,1-5H3;8-11,17-18,21,27H,6-7,12-16H2,1-5H3/t2*18-,21-/m11/s1. The van der Waals surface area contributed by atoms with Gasteiger partial charge in [0.1, 0.15) is 11.2 Å². The Bertz CT molecular complexity index is 2330. The number of aliphatic hydroxyl groups excluding tert-OH is 1. The molecule has 2 fully saturated rings. The van der Waals surface area contributed by atoms with Gasteiger partial charge in [0.15, 0.2) is 0 Å². The third-order valence-corrected chi connectivity index (χ3v) is 15.5. The van der Waals surface area contributed by atoms with Gasteiger partial charge in [0.2, 0.25) is 20.0 Å². The second-order valence-electron chi connectivity index (χ2n) is 20.5. The topological polar surface area (TPSA) is 289 Å². The molecule has 4 rings (SSSR count). The van der Waals surface area contributed by atoms with Gasteiger partial charge in [-0.05, 0) is 134 Å². The van der Waals surface area contributed by atoms with E-state index in [-0.39, 0.29) is 84.2 Å². The van der Waals surface area contributed by atoms with Gasteiger partial charge < -0.3 is 24.4 Å². The van der Waals surface area contributed by atoms with Crippen molar-refractivity contribution in [2.24, 2.45) is 28.8 Å². The molecule has 0 aromatic heterocycles. The Kier molecular flexibility index (Phi) is 21.8. The van der Waals surface area contributed by atoms with Gasteiger partial charge in [-0.15, -0.1) is 0 Å². The molecule has 0 spiro atoms. The molecule has 2 aliphatic rings. The molecule has 24 heteroatoms. The van der Waals surface area contributed by atoms with E-state index in [1.165, 1.54) is 66.9 Å². The van der Waals surface area contributed by atoms with Crippen molar-refractivity contribution in [2.75, 3.05) is 52.4 Å². The summed E-state index contributed by atoms with van der Waals surface area (Å²) in [7, 11) is -8.02. The van der Waals surface area contributed by atoms with E-state index >= 15 is 0 Å². The summed E-state index contributed by atoms with van der Waals surface area (Å²) in [5, 5.41) is 35.0. The maximum atomic E-state index is 13.8. The number of aliphatic hydroxyl groups is 1. The van der Waals surface area contributed by atoms with Crippen LogP contribution in [-0.2, 0) is 29.5 Å². The van der Waals surface area contributed by atoms with E-state index in [1.807, 2.05) is 27.7 Å². The van der Waals surface area contributed by atoms with E-state index in [2.05, 4.69) is 10.0 Å². The van der Waals surface area contributed by atoms with Gasteiger partial charge in [-0.25, -0.2) is 26.4 Å². The van der Waals surface area contributed by atoms with E-state index in [0.29, 0.717) is 51.6 Å². The number of rotatable bonds is 21. The molecule has 2 heterocycles. The lowest BCUT2D eigenvalue weighted by atomic mass is 9.97. The van der Waals surface area contributed by atoms with E-state index in [9.17, 15) is 51.8 Å². The van der Waals surface area contributed by atoms with Gasteiger partial charge >= 0.3 is 12.2 Å². The Morgan fingerprint density at radius 2 is 1.07 bits per heavy atom. The Morgan fingerprint density at radius 3 is 1.37 bits per heavy atom. The molecule has 4 atom stereocenters. The second-order valence-corrected chi connectivity index (χ2v) is 24.3. The highest BCUT2D eigenvalue weighted by molar-refractivity contribution is 7.89. The number of amides is 2. The first-order valence-corrected chi connectivity index (χ1v) is 26.5. The number of sulfonamides is 2. The summed E-state index contributed by atoms with van der Waals surface area (Å²) < 4.78 is 68.9. The van der Waals surface area contributed by atoms with E-state index in [4.69, 9.17) is 15.0 Å². The number of carbonyl (C=O) groups excluding carboxylic acids is 2. The fourth-order valence-electron chi connectivity index (χ4n) is 8.15. The van der Waals surface area contributed by atoms with Gasteiger partial charge in [0, 0.05) is 93.7 Å². The van der Waals surface area contributed by atoms with Gasteiger partial charge in [-0.1, -0.05) is 32.8 Å². The van der Waals surface area contributed by atoms with Crippen LogP contribution in [0.1, 0.15) is 108 Å². The first-order valence-electron chi connectivity index (χ1n) is 23.6. The number of carbonyl (C=O) groups is 2. The highest BCUT2D eigenvalue weighted by atomic mass is 32.2. The maximum absolute atomic E-state index is 13.8. The fourth-order valence-corrected chi connectivity index (χ4v) is 11.5. The van der Waals surface area contributed by atoms with Crippen LogP contribution >= 0.6 is 0 Å². The molecular formula is C46H73N9O13S2. The van der Waals surface area contributed by atoms with Crippen LogP contribution in [0, 0.1) is 43.9 Å². The molecule has 2 saturated heterocycles. The molecule has 2 aromatic carbocycles. The average Bonchev–Trinajstić information content (AvgIpc) is 3.88. The van der Waals surface area contributed by atoms with Crippen molar-refractivity contribution in [3.63, 3.8) is 0 Å². The quantitative estimate of drug-likeness (QED) is 0.0306. The number of likely N-dealkylation sites (tertiary alicyclic amines) is 2. The van der Waals surface area contributed by atoms with Crippen LogP contribution < -0.4 is 0 Å². The third-order valence-electron chi connectivity index (χ3n) is 11.6. The number of nitro groups is 2. The van der Waals surface area contributed by atoms with Crippen LogP contribution in [0.2, 0.25) is 0 Å². The molecule has 0 radical (unpaired) electrons. The summed E-state index contributed by atoms with van der Waals surface area (Å²) in [5.41, 5.74) is 6.82. The van der Waals surface area contributed by atoms with Crippen molar-refractivity contribution >= 4 is 43.6 Å². The zero-order valence-electron chi connectivity index (χ0n) is 42.2. The van der Waals surface area contributed by atoms with Crippen LogP contribution in [0.5, 0.6) is 0 Å². The smallest absolute Gasteiger partial charge is 0.410 e. The molecular weight excluding hydrogens is 951 g/mol. The van der Waals surface area contributed by atoms with Crippen molar-refractivity contribution in [2.45, 2.75) is 141 Å². The van der Waals surface area contributed by atoms with Crippen LogP contribution in [-0.4, -0.2) is 138 Å². The minimum atomic E-state index is -4.03. The van der Waals surface area contributed by atoms with Crippen LogP contribution in [0.3, 0.4) is 0 Å². The second kappa shape index (κ2) is 25.8. The highest BCUT2D eigenvalue weighted by Gasteiger charge is 2.46. The SMILES string of the molecule is CC(C)CCN([C@@H]1CN(C(=O)OC(C)(C)C)C[C@H]1CCCN=[N+]=[N-])S(=O)(=O)c1ccc([N+](=O)[O-])cc1.CC(C)CCN([C@@H]1CN(C(=O)OC(C)(C)C)C[C@H]1CCCO)S(=O)(=O)c1ccc([N+](=O)[O-])cc1. The van der Waals surface area contributed by atoms with E-state index in [0.717, 1.165) is 0 Å². The normalized spacial score (nSPS) is 18.7. The summed E-state index contributed by atoms with van der Waals surface area (Å²) in [6, 6.07) is 8.66. The van der Waals surface area contributed by atoms with Crippen LogP contribution in [0.25, 0.3) is 10.4 Å². The van der Waals surface area contributed by atoms with Crippen molar-refractivity contribution in [1.82, 2.24) is 18.4 Å². The summed E-state index contributed by atoms with van der Waals surface area (Å²) in [6.45, 7) is 20.3. The zero-order valence-corrected chi connectivity index (χ0v) is 43.8. The number of nitrogens with zero attached hydrogens (tertiary/aromatic N) is 9. The molecule has 70 heavy (non-hydrogen) atoms. The van der Waals surface area contributed by atoms with Gasteiger partial charge in [0.25, 0.3) is 11.4 Å². The predicted molar refractivity (Wildman–Crippen MR) is 263 cm³/mol. The summed E-state index contributed by atoms with van der Waals surface area (Å²) >= 11 is 0.